The molecular weight excluding hydrogens is 324 g/mol. The zero-order valence-electron chi connectivity index (χ0n) is 14.9. The van der Waals surface area contributed by atoms with E-state index in [1.807, 2.05) is 0 Å². The van der Waals surface area contributed by atoms with Gasteiger partial charge in [-0.1, -0.05) is 12.1 Å². The van der Waals surface area contributed by atoms with Gasteiger partial charge in [-0.05, 0) is 51.3 Å². The van der Waals surface area contributed by atoms with E-state index in [1.54, 1.807) is 32.9 Å². The van der Waals surface area contributed by atoms with Gasteiger partial charge in [0, 0.05) is 19.5 Å². The predicted molar refractivity (Wildman–Crippen MR) is 93.6 cm³/mol. The van der Waals surface area contributed by atoms with Gasteiger partial charge < -0.3 is 20.5 Å². The van der Waals surface area contributed by atoms with Crippen LogP contribution in [0.25, 0.3) is 0 Å². The molecule has 0 aliphatic carbocycles. The van der Waals surface area contributed by atoms with Gasteiger partial charge in [0.2, 0.25) is 5.91 Å². The van der Waals surface area contributed by atoms with E-state index in [-0.39, 0.29) is 11.5 Å². The lowest BCUT2D eigenvalue weighted by atomic mass is 10.1. The number of alkyl carbamates (subject to hydrolysis) is 1. The van der Waals surface area contributed by atoms with Gasteiger partial charge >= 0.3 is 12.1 Å². The molecule has 25 heavy (non-hydrogen) atoms. The number of amides is 2. The maximum absolute atomic E-state index is 11.8. The molecule has 0 aliphatic rings. The second-order valence-corrected chi connectivity index (χ2v) is 6.63. The van der Waals surface area contributed by atoms with Crippen LogP contribution in [0.3, 0.4) is 0 Å². The fourth-order valence-electron chi connectivity index (χ4n) is 1.98. The summed E-state index contributed by atoms with van der Waals surface area (Å²) in [5.74, 6) is -1.05. The minimum atomic E-state index is -0.968. The molecule has 0 radical (unpaired) electrons. The highest BCUT2D eigenvalue weighted by Crippen LogP contribution is 2.07. The molecule has 0 atom stereocenters. The van der Waals surface area contributed by atoms with E-state index in [9.17, 15) is 14.4 Å². The maximum atomic E-state index is 11.8. The molecule has 1 aromatic rings. The Morgan fingerprint density at radius 1 is 1.04 bits per heavy atom. The average molecular weight is 350 g/mol. The van der Waals surface area contributed by atoms with Crippen LogP contribution in [0, 0.1) is 0 Å². The van der Waals surface area contributed by atoms with Crippen LogP contribution in [0.5, 0.6) is 0 Å². The van der Waals surface area contributed by atoms with Gasteiger partial charge in [0.15, 0.2) is 0 Å². The quantitative estimate of drug-likeness (QED) is 0.624. The molecule has 0 bridgehead atoms. The third-order valence-electron chi connectivity index (χ3n) is 3.19. The van der Waals surface area contributed by atoms with Gasteiger partial charge in [-0.3, -0.25) is 4.79 Å². The molecule has 0 fully saturated rings. The monoisotopic (exact) mass is 350 g/mol. The Hall–Kier alpha value is -2.57. The van der Waals surface area contributed by atoms with Gasteiger partial charge in [0.25, 0.3) is 0 Å². The normalized spacial score (nSPS) is 10.8. The zero-order chi connectivity index (χ0) is 18.9. The van der Waals surface area contributed by atoms with E-state index in [4.69, 9.17) is 9.84 Å². The Balaban J connectivity index is 2.15. The largest absolute Gasteiger partial charge is 0.478 e. The molecule has 0 saturated carbocycles. The van der Waals surface area contributed by atoms with Crippen LogP contribution in [0.2, 0.25) is 0 Å². The summed E-state index contributed by atoms with van der Waals surface area (Å²) in [6, 6.07) is 6.47. The highest BCUT2D eigenvalue weighted by Gasteiger charge is 2.15. The van der Waals surface area contributed by atoms with Crippen LogP contribution >= 0.6 is 0 Å². The predicted octanol–water partition coefficient (Wildman–Crippen LogP) is 2.35. The number of aromatic carboxylic acids is 1. The lowest BCUT2D eigenvalue weighted by Crippen LogP contribution is -2.34. The van der Waals surface area contributed by atoms with Crippen molar-refractivity contribution in [2.75, 3.05) is 13.1 Å². The highest BCUT2D eigenvalue weighted by atomic mass is 16.6. The van der Waals surface area contributed by atoms with Crippen LogP contribution in [0.4, 0.5) is 4.79 Å². The van der Waals surface area contributed by atoms with Crippen LogP contribution < -0.4 is 10.6 Å². The van der Waals surface area contributed by atoms with E-state index >= 15 is 0 Å². The average Bonchev–Trinajstić information content (AvgIpc) is 2.51. The molecule has 0 saturated heterocycles. The second-order valence-electron chi connectivity index (χ2n) is 6.63. The van der Waals surface area contributed by atoms with Crippen LogP contribution in [0.1, 0.15) is 49.5 Å². The van der Waals surface area contributed by atoms with Crippen molar-refractivity contribution in [3.05, 3.63) is 35.4 Å². The molecular formula is C18H26N2O5. The lowest BCUT2D eigenvalue weighted by molar-refractivity contribution is -0.121. The fourth-order valence-corrected chi connectivity index (χ4v) is 1.98. The number of ether oxygens (including phenoxy) is 1. The van der Waals surface area contributed by atoms with Gasteiger partial charge in [0.1, 0.15) is 5.60 Å². The van der Waals surface area contributed by atoms with Crippen LogP contribution in [0.15, 0.2) is 24.3 Å². The summed E-state index contributed by atoms with van der Waals surface area (Å²) in [6.45, 7) is 6.27. The van der Waals surface area contributed by atoms with Crippen molar-refractivity contribution in [2.45, 2.75) is 45.6 Å². The molecule has 0 aliphatic heterocycles. The SMILES string of the molecule is CC(C)(C)OC(=O)NCCCNC(=O)CCc1ccc(C(=O)O)cc1. The topological polar surface area (TPSA) is 105 Å². The van der Waals surface area contributed by atoms with Crippen LogP contribution in [-0.2, 0) is 16.0 Å². The number of nitrogens with one attached hydrogen (secondary N) is 2. The van der Waals surface area contributed by atoms with E-state index in [0.717, 1.165) is 5.56 Å². The third-order valence-corrected chi connectivity index (χ3v) is 3.19. The summed E-state index contributed by atoms with van der Waals surface area (Å²) in [4.78, 5) is 33.9. The zero-order valence-corrected chi connectivity index (χ0v) is 14.9. The van der Waals surface area contributed by atoms with Gasteiger partial charge in [-0.15, -0.1) is 0 Å². The summed E-state index contributed by atoms with van der Waals surface area (Å²) in [7, 11) is 0. The number of rotatable bonds is 8. The smallest absolute Gasteiger partial charge is 0.407 e. The lowest BCUT2D eigenvalue weighted by Gasteiger charge is -2.19. The van der Waals surface area contributed by atoms with Crippen molar-refractivity contribution in [2.24, 2.45) is 0 Å². The highest BCUT2D eigenvalue weighted by molar-refractivity contribution is 5.87. The first-order valence-electron chi connectivity index (χ1n) is 8.23. The second kappa shape index (κ2) is 9.66. The van der Waals surface area contributed by atoms with Crippen molar-refractivity contribution in [3.8, 4) is 0 Å². The van der Waals surface area contributed by atoms with Gasteiger partial charge in [-0.2, -0.15) is 0 Å². The molecule has 7 heteroatoms. The van der Waals surface area contributed by atoms with Crippen LogP contribution in [-0.4, -0.2) is 41.8 Å². The van der Waals surface area contributed by atoms with E-state index < -0.39 is 17.7 Å². The van der Waals surface area contributed by atoms with Crippen molar-refractivity contribution in [3.63, 3.8) is 0 Å². The number of benzene rings is 1. The summed E-state index contributed by atoms with van der Waals surface area (Å²) >= 11 is 0. The minimum absolute atomic E-state index is 0.0837. The first kappa shape index (κ1) is 20.5. The molecule has 138 valence electrons. The Labute approximate surface area is 147 Å². The van der Waals surface area contributed by atoms with Gasteiger partial charge in [-0.25, -0.2) is 9.59 Å². The van der Waals surface area contributed by atoms with Gasteiger partial charge in [0.05, 0.1) is 5.56 Å². The summed E-state index contributed by atoms with van der Waals surface area (Å²) < 4.78 is 5.10. The Morgan fingerprint density at radius 2 is 1.64 bits per heavy atom. The number of carbonyl (C=O) groups excluding carboxylic acids is 2. The molecule has 1 aromatic carbocycles. The molecule has 7 nitrogen and oxygen atoms in total. The molecule has 0 spiro atoms. The molecule has 3 N–H and O–H groups in total. The number of aryl methyl sites for hydroxylation is 1. The third kappa shape index (κ3) is 9.34. The number of carboxylic acids is 1. The van der Waals surface area contributed by atoms with E-state index in [2.05, 4.69) is 10.6 Å². The number of hydrogen-bond donors (Lipinski definition) is 3. The molecule has 2 amide bonds. The van der Waals surface area contributed by atoms with Crippen molar-refractivity contribution in [1.82, 2.24) is 10.6 Å². The number of carboxylic acid groups (broad SMARTS) is 1. The molecule has 0 unspecified atom stereocenters. The fraction of sp³-hybridized carbons (Fsp3) is 0.500. The molecule has 0 heterocycles. The summed E-state index contributed by atoms with van der Waals surface area (Å²) in [5, 5.41) is 14.2. The first-order chi connectivity index (χ1) is 11.7. The summed E-state index contributed by atoms with van der Waals surface area (Å²) in [5.41, 5.74) is 0.610. The maximum Gasteiger partial charge on any atom is 0.407 e. The minimum Gasteiger partial charge on any atom is -0.478 e. The first-order valence-corrected chi connectivity index (χ1v) is 8.23. The Kier molecular flexibility index (Phi) is 7.91. The molecule has 1 rings (SSSR count). The number of carbonyl (C=O) groups is 3. The number of hydrogen-bond acceptors (Lipinski definition) is 4. The van der Waals surface area contributed by atoms with E-state index in [0.29, 0.717) is 32.4 Å². The van der Waals surface area contributed by atoms with Crippen molar-refractivity contribution >= 4 is 18.0 Å². The van der Waals surface area contributed by atoms with Crippen molar-refractivity contribution in [1.29, 1.82) is 0 Å². The Morgan fingerprint density at radius 3 is 2.20 bits per heavy atom. The van der Waals surface area contributed by atoms with Crippen molar-refractivity contribution < 1.29 is 24.2 Å². The summed E-state index contributed by atoms with van der Waals surface area (Å²) in [6.07, 6.45) is 1.01. The Bertz CT molecular complexity index is 590. The standard InChI is InChI=1S/C18H26N2O5/c1-18(2,3)25-17(24)20-12-4-11-19-15(21)10-7-13-5-8-14(9-6-13)16(22)23/h5-6,8-9H,4,7,10-12H2,1-3H3,(H,19,21)(H,20,24)(H,22,23). The van der Waals surface area contributed by atoms with E-state index in [1.165, 1.54) is 12.1 Å². The molecule has 0 aromatic heterocycles.